The quantitative estimate of drug-likeness (QED) is 0.686. The van der Waals surface area contributed by atoms with Crippen molar-refractivity contribution in [3.8, 4) is 11.5 Å². The van der Waals surface area contributed by atoms with E-state index in [-0.39, 0.29) is 6.54 Å². The maximum atomic E-state index is 13.5. The maximum absolute atomic E-state index is 13.5. The summed E-state index contributed by atoms with van der Waals surface area (Å²) < 4.78 is 37.8. The van der Waals surface area contributed by atoms with Crippen LogP contribution >= 0.6 is 0 Å². The fourth-order valence-electron chi connectivity index (χ4n) is 1.26. The lowest BCUT2D eigenvalue weighted by atomic mass is 10.1. The molecule has 0 radical (unpaired) electrons. The van der Waals surface area contributed by atoms with Crippen LogP contribution in [0.2, 0.25) is 19.6 Å². The maximum Gasteiger partial charge on any atom is 0.209 e. The van der Waals surface area contributed by atoms with Crippen molar-refractivity contribution >= 4 is 18.1 Å². The molecule has 0 aliphatic heterocycles. The third kappa shape index (κ3) is 6.52. The molecule has 0 saturated heterocycles. The van der Waals surface area contributed by atoms with E-state index in [4.69, 9.17) is 0 Å². The molecule has 1 rings (SSSR count). The summed E-state index contributed by atoms with van der Waals surface area (Å²) in [7, 11) is -4.82. The van der Waals surface area contributed by atoms with Crippen molar-refractivity contribution in [2.24, 2.45) is 0 Å². The normalized spacial score (nSPS) is 11.8. The van der Waals surface area contributed by atoms with E-state index >= 15 is 0 Å². The zero-order valence-corrected chi connectivity index (χ0v) is 13.4. The van der Waals surface area contributed by atoms with Gasteiger partial charge in [-0.05, 0) is 18.2 Å². The number of sulfonamides is 1. The SMILES string of the molecule is C[Si](C)(C)C#Cc1ccc(F)c(CNS(C)(=O)=O)c1. The van der Waals surface area contributed by atoms with Gasteiger partial charge in [0.05, 0.1) is 6.26 Å². The Morgan fingerprint density at radius 3 is 2.47 bits per heavy atom. The molecule has 1 aromatic rings. The first-order valence-corrected chi connectivity index (χ1v) is 11.2. The number of halogens is 1. The summed E-state index contributed by atoms with van der Waals surface area (Å²) in [6.07, 6.45) is 1.04. The minimum Gasteiger partial charge on any atom is -0.213 e. The fraction of sp³-hybridized carbons (Fsp3) is 0.385. The van der Waals surface area contributed by atoms with E-state index in [2.05, 4.69) is 35.8 Å². The van der Waals surface area contributed by atoms with E-state index in [1.807, 2.05) is 0 Å². The molecule has 3 nitrogen and oxygen atoms in total. The summed E-state index contributed by atoms with van der Waals surface area (Å²) in [5.74, 6) is 2.58. The van der Waals surface area contributed by atoms with Crippen molar-refractivity contribution in [1.29, 1.82) is 0 Å². The molecule has 0 amide bonds. The average molecular weight is 299 g/mol. The van der Waals surface area contributed by atoms with Crippen LogP contribution in [0, 0.1) is 17.3 Å². The second-order valence-corrected chi connectivity index (χ2v) is 12.0. The molecule has 0 saturated carbocycles. The number of rotatable bonds is 3. The summed E-state index contributed by atoms with van der Waals surface area (Å²) in [5, 5.41) is 0. The highest BCUT2D eigenvalue weighted by molar-refractivity contribution is 7.88. The van der Waals surface area contributed by atoms with Crippen LogP contribution in [0.1, 0.15) is 11.1 Å². The van der Waals surface area contributed by atoms with Gasteiger partial charge in [0.25, 0.3) is 0 Å². The molecule has 0 spiro atoms. The highest BCUT2D eigenvalue weighted by atomic mass is 32.2. The van der Waals surface area contributed by atoms with Crippen LogP contribution in [0.4, 0.5) is 4.39 Å². The molecule has 0 bridgehead atoms. The molecular weight excluding hydrogens is 281 g/mol. The number of hydrogen-bond acceptors (Lipinski definition) is 2. The van der Waals surface area contributed by atoms with Crippen molar-refractivity contribution in [2.45, 2.75) is 26.2 Å². The lowest BCUT2D eigenvalue weighted by molar-refractivity contribution is 0.579. The predicted molar refractivity (Wildman–Crippen MR) is 78.3 cm³/mol. The van der Waals surface area contributed by atoms with E-state index in [1.54, 1.807) is 12.1 Å². The van der Waals surface area contributed by atoms with Gasteiger partial charge in [0.1, 0.15) is 13.9 Å². The zero-order chi connectivity index (χ0) is 14.7. The van der Waals surface area contributed by atoms with Crippen molar-refractivity contribution in [3.05, 3.63) is 35.1 Å². The van der Waals surface area contributed by atoms with E-state index in [9.17, 15) is 12.8 Å². The first-order chi connectivity index (χ1) is 8.57. The molecule has 1 N–H and O–H groups in total. The molecule has 6 heteroatoms. The molecule has 0 aromatic heterocycles. The molecule has 1 aromatic carbocycles. The van der Waals surface area contributed by atoms with Gasteiger partial charge >= 0.3 is 0 Å². The lowest BCUT2D eigenvalue weighted by Crippen LogP contribution is -2.21. The predicted octanol–water partition coefficient (Wildman–Crippen LogP) is 2.10. The van der Waals surface area contributed by atoms with Gasteiger partial charge in [0.15, 0.2) is 0 Å². The summed E-state index contributed by atoms with van der Waals surface area (Å²) in [4.78, 5) is 0. The smallest absolute Gasteiger partial charge is 0.209 e. The Morgan fingerprint density at radius 1 is 1.32 bits per heavy atom. The molecule has 0 unspecified atom stereocenters. The van der Waals surface area contributed by atoms with E-state index in [0.29, 0.717) is 11.1 Å². The number of hydrogen-bond donors (Lipinski definition) is 1. The minimum absolute atomic E-state index is 0.0624. The molecule has 19 heavy (non-hydrogen) atoms. The van der Waals surface area contributed by atoms with Crippen molar-refractivity contribution in [3.63, 3.8) is 0 Å². The Kier molecular flexibility index (Phi) is 4.90. The van der Waals surface area contributed by atoms with Crippen molar-refractivity contribution in [1.82, 2.24) is 4.72 Å². The summed E-state index contributed by atoms with van der Waals surface area (Å²) in [5.41, 5.74) is 4.19. The molecular formula is C13H18FNO2SSi. The van der Waals surface area contributed by atoms with Gasteiger partial charge in [-0.3, -0.25) is 0 Å². The third-order valence-corrected chi connectivity index (χ3v) is 3.70. The summed E-state index contributed by atoms with van der Waals surface area (Å²) >= 11 is 0. The number of nitrogens with one attached hydrogen (secondary N) is 1. The van der Waals surface area contributed by atoms with Gasteiger partial charge in [-0.15, -0.1) is 5.54 Å². The average Bonchev–Trinajstić information content (AvgIpc) is 2.24. The Hall–Kier alpha value is -1.16. The topological polar surface area (TPSA) is 46.2 Å². The van der Waals surface area contributed by atoms with Crippen LogP contribution in [0.15, 0.2) is 18.2 Å². The first-order valence-electron chi connectivity index (χ1n) is 5.83. The van der Waals surface area contributed by atoms with Crippen LogP contribution < -0.4 is 4.72 Å². The van der Waals surface area contributed by atoms with Gasteiger partial charge < -0.3 is 0 Å². The number of benzene rings is 1. The second kappa shape index (κ2) is 5.86. The fourth-order valence-corrected chi connectivity index (χ4v) is 2.19. The standard InChI is InChI=1S/C13H18FNO2SSi/c1-18(16,17)15-10-12-9-11(5-6-13(12)14)7-8-19(2,3)4/h5-6,9,15H,10H2,1-4H3. The van der Waals surface area contributed by atoms with Gasteiger partial charge in [-0.1, -0.05) is 25.6 Å². The first kappa shape index (κ1) is 15.9. The van der Waals surface area contributed by atoms with Crippen molar-refractivity contribution in [2.75, 3.05) is 6.26 Å². The highest BCUT2D eigenvalue weighted by Crippen LogP contribution is 2.10. The molecule has 0 atom stereocenters. The highest BCUT2D eigenvalue weighted by Gasteiger charge is 2.09. The molecule has 0 aliphatic rings. The Labute approximate surface area is 115 Å². The van der Waals surface area contributed by atoms with Crippen LogP contribution in [0.3, 0.4) is 0 Å². The Balaban J connectivity index is 2.97. The van der Waals surface area contributed by atoms with Crippen LogP contribution in [0.5, 0.6) is 0 Å². The van der Waals surface area contributed by atoms with E-state index in [1.165, 1.54) is 6.07 Å². The van der Waals surface area contributed by atoms with E-state index < -0.39 is 23.9 Å². The Bertz CT molecular complexity index is 624. The third-order valence-electron chi connectivity index (χ3n) is 2.15. The minimum atomic E-state index is -3.33. The van der Waals surface area contributed by atoms with Crippen LogP contribution in [-0.2, 0) is 16.6 Å². The molecule has 104 valence electrons. The second-order valence-electron chi connectivity index (χ2n) is 5.40. The lowest BCUT2D eigenvalue weighted by Gasteiger charge is -2.06. The summed E-state index contributed by atoms with van der Waals surface area (Å²) in [6, 6.07) is 4.50. The molecule has 0 heterocycles. The van der Waals surface area contributed by atoms with E-state index in [0.717, 1.165) is 6.26 Å². The Morgan fingerprint density at radius 2 is 1.95 bits per heavy atom. The van der Waals surface area contributed by atoms with Crippen molar-refractivity contribution < 1.29 is 12.8 Å². The van der Waals surface area contributed by atoms with Crippen LogP contribution in [-0.4, -0.2) is 22.7 Å². The zero-order valence-electron chi connectivity index (χ0n) is 11.5. The molecule has 0 aliphatic carbocycles. The van der Waals surface area contributed by atoms with Gasteiger partial charge in [0, 0.05) is 17.7 Å². The van der Waals surface area contributed by atoms with Crippen LogP contribution in [0.25, 0.3) is 0 Å². The largest absolute Gasteiger partial charge is 0.213 e. The molecule has 0 fully saturated rings. The van der Waals surface area contributed by atoms with Gasteiger partial charge in [-0.2, -0.15) is 0 Å². The van der Waals surface area contributed by atoms with Gasteiger partial charge in [-0.25, -0.2) is 17.5 Å². The van der Waals surface area contributed by atoms with Gasteiger partial charge in [0.2, 0.25) is 10.0 Å². The summed E-state index contributed by atoms with van der Waals surface area (Å²) in [6.45, 7) is 6.30. The monoisotopic (exact) mass is 299 g/mol.